The Balaban J connectivity index is 1.98. The lowest BCUT2D eigenvalue weighted by Crippen LogP contribution is -2.46. The van der Waals surface area contributed by atoms with Crippen LogP contribution >= 0.6 is 22.6 Å². The Bertz CT molecular complexity index is 222. The van der Waals surface area contributed by atoms with Gasteiger partial charge in [-0.2, -0.15) is 0 Å². The van der Waals surface area contributed by atoms with Crippen molar-refractivity contribution in [1.29, 1.82) is 0 Å². The van der Waals surface area contributed by atoms with Crippen LogP contribution in [0, 0.1) is 5.41 Å². The van der Waals surface area contributed by atoms with Crippen LogP contribution in [0.2, 0.25) is 0 Å². The number of alkyl halides is 1. The summed E-state index contributed by atoms with van der Waals surface area (Å²) in [6.45, 7) is 8.66. The summed E-state index contributed by atoms with van der Waals surface area (Å²) in [5.41, 5.74) is 0.650. The molecule has 0 aromatic heterocycles. The van der Waals surface area contributed by atoms with E-state index < -0.39 is 0 Å². The van der Waals surface area contributed by atoms with Gasteiger partial charge in [0.2, 0.25) is 0 Å². The molecule has 1 unspecified atom stereocenters. The molecule has 2 nitrogen and oxygen atoms in total. The fraction of sp³-hybridized carbons (Fsp3) is 1.00. The minimum atomic E-state index is 0.650. The summed E-state index contributed by atoms with van der Waals surface area (Å²) in [6, 6.07) is 0.796. The van der Waals surface area contributed by atoms with Crippen molar-refractivity contribution in [3.63, 3.8) is 0 Å². The highest BCUT2D eigenvalue weighted by molar-refractivity contribution is 14.1. The van der Waals surface area contributed by atoms with Crippen molar-refractivity contribution in [2.75, 3.05) is 26.7 Å². The third-order valence-electron chi connectivity index (χ3n) is 4.81. The molecule has 2 saturated heterocycles. The van der Waals surface area contributed by atoms with Crippen LogP contribution in [0.1, 0.15) is 33.1 Å². The van der Waals surface area contributed by atoms with Crippen LogP contribution in [-0.2, 0) is 0 Å². The van der Waals surface area contributed by atoms with Gasteiger partial charge < -0.3 is 4.90 Å². The molecule has 2 aliphatic heterocycles. The zero-order valence-electron chi connectivity index (χ0n) is 10.2. The first-order valence-corrected chi connectivity index (χ1v) is 7.38. The average molecular weight is 322 g/mol. The maximum Gasteiger partial charge on any atom is 0.0589 e. The van der Waals surface area contributed by atoms with E-state index in [-0.39, 0.29) is 0 Å². The van der Waals surface area contributed by atoms with E-state index in [0.717, 1.165) is 6.04 Å². The van der Waals surface area contributed by atoms with Gasteiger partial charge in [-0.1, -0.05) is 22.6 Å². The largest absolute Gasteiger partial charge is 0.303 e. The van der Waals surface area contributed by atoms with Gasteiger partial charge in [0.25, 0.3) is 0 Å². The second kappa shape index (κ2) is 4.49. The number of hydrogen-bond acceptors (Lipinski definition) is 2. The molecule has 2 rings (SSSR count). The predicted octanol–water partition coefficient (Wildman–Crippen LogP) is 2.57. The van der Waals surface area contributed by atoms with Crippen LogP contribution < -0.4 is 0 Å². The van der Waals surface area contributed by atoms with E-state index in [0.29, 0.717) is 9.46 Å². The van der Waals surface area contributed by atoms with Gasteiger partial charge in [0.15, 0.2) is 0 Å². The first kappa shape index (κ1) is 12.1. The number of halogens is 1. The first-order valence-electron chi connectivity index (χ1n) is 6.13. The van der Waals surface area contributed by atoms with Crippen molar-refractivity contribution in [2.45, 2.75) is 43.2 Å². The molecule has 0 amide bonds. The van der Waals surface area contributed by atoms with E-state index in [1.807, 2.05) is 0 Å². The number of piperidine rings is 1. The highest BCUT2D eigenvalue weighted by atomic mass is 127. The molecular weight excluding hydrogens is 299 g/mol. The van der Waals surface area contributed by atoms with Gasteiger partial charge in [-0.05, 0) is 65.2 Å². The second-order valence-electron chi connectivity index (χ2n) is 5.38. The van der Waals surface area contributed by atoms with Crippen molar-refractivity contribution in [1.82, 2.24) is 9.80 Å². The number of likely N-dealkylation sites (tertiary alicyclic amines) is 2. The summed E-state index contributed by atoms with van der Waals surface area (Å²) in [5.74, 6) is 0. The number of hydrogen-bond donors (Lipinski definition) is 0. The molecular formula is C12H23IN2. The van der Waals surface area contributed by atoms with E-state index in [2.05, 4.69) is 53.3 Å². The highest BCUT2D eigenvalue weighted by Crippen LogP contribution is 2.45. The molecule has 15 heavy (non-hydrogen) atoms. The van der Waals surface area contributed by atoms with Crippen LogP contribution in [0.25, 0.3) is 0 Å². The molecule has 0 N–H and O–H groups in total. The van der Waals surface area contributed by atoms with Crippen LogP contribution in [-0.4, -0.2) is 46.6 Å². The van der Waals surface area contributed by atoms with Crippen LogP contribution in [0.15, 0.2) is 0 Å². The fourth-order valence-corrected chi connectivity index (χ4v) is 3.82. The zero-order valence-corrected chi connectivity index (χ0v) is 12.3. The Morgan fingerprint density at radius 1 is 1.20 bits per heavy atom. The lowest BCUT2D eigenvalue weighted by Gasteiger charge is -2.43. The number of rotatable bonds is 1. The molecule has 0 bridgehead atoms. The Morgan fingerprint density at radius 3 is 2.13 bits per heavy atom. The van der Waals surface area contributed by atoms with Crippen LogP contribution in [0.4, 0.5) is 0 Å². The molecule has 1 spiro atoms. The zero-order chi connectivity index (χ0) is 11.1. The lowest BCUT2D eigenvalue weighted by atomic mass is 9.73. The van der Waals surface area contributed by atoms with E-state index in [4.69, 9.17) is 0 Å². The van der Waals surface area contributed by atoms with E-state index in [1.165, 1.54) is 38.9 Å². The Hall–Kier alpha value is 0.650. The van der Waals surface area contributed by atoms with E-state index >= 15 is 0 Å². The summed E-state index contributed by atoms with van der Waals surface area (Å²) < 4.78 is 0.703. The summed E-state index contributed by atoms with van der Waals surface area (Å²) in [7, 11) is 2.28. The highest BCUT2D eigenvalue weighted by Gasteiger charge is 2.45. The minimum absolute atomic E-state index is 0.650. The first-order chi connectivity index (χ1) is 7.05. The minimum Gasteiger partial charge on any atom is -0.303 e. The van der Waals surface area contributed by atoms with Crippen LogP contribution in [0.3, 0.4) is 0 Å². The molecule has 0 aromatic rings. The standard InChI is InChI=1S/C12H23IN2/c1-10-12(4-7-14(10)3)5-8-15(9-6-12)11(2)13/h10-11H,4-9H2,1-3H3/t10-,11?/m0/s1. The summed E-state index contributed by atoms with van der Waals surface area (Å²) in [6.07, 6.45) is 4.24. The maximum atomic E-state index is 2.62. The second-order valence-corrected chi connectivity index (χ2v) is 7.18. The van der Waals surface area contributed by atoms with Gasteiger partial charge in [-0.3, -0.25) is 4.90 Å². The lowest BCUT2D eigenvalue weighted by molar-refractivity contribution is 0.0764. The Morgan fingerprint density at radius 2 is 1.73 bits per heavy atom. The topological polar surface area (TPSA) is 6.48 Å². The molecule has 2 fully saturated rings. The smallest absolute Gasteiger partial charge is 0.0589 e. The third-order valence-corrected chi connectivity index (χ3v) is 5.59. The summed E-state index contributed by atoms with van der Waals surface area (Å²) in [5, 5.41) is 0. The molecule has 88 valence electrons. The van der Waals surface area contributed by atoms with Crippen molar-refractivity contribution in [3.8, 4) is 0 Å². The molecule has 0 aromatic carbocycles. The van der Waals surface area contributed by atoms with Gasteiger partial charge in [-0.15, -0.1) is 0 Å². The molecule has 0 saturated carbocycles. The Labute approximate surface area is 108 Å². The van der Waals surface area contributed by atoms with Gasteiger partial charge in [0.1, 0.15) is 0 Å². The van der Waals surface area contributed by atoms with Crippen molar-refractivity contribution < 1.29 is 0 Å². The van der Waals surface area contributed by atoms with Crippen LogP contribution in [0.5, 0.6) is 0 Å². The third kappa shape index (κ3) is 2.20. The monoisotopic (exact) mass is 322 g/mol. The van der Waals surface area contributed by atoms with E-state index in [9.17, 15) is 0 Å². The summed E-state index contributed by atoms with van der Waals surface area (Å²) >= 11 is 2.54. The van der Waals surface area contributed by atoms with E-state index in [1.54, 1.807) is 0 Å². The maximum absolute atomic E-state index is 2.62. The predicted molar refractivity (Wildman–Crippen MR) is 73.4 cm³/mol. The molecule has 0 aliphatic carbocycles. The average Bonchev–Trinajstić information content (AvgIpc) is 2.48. The molecule has 3 heteroatoms. The van der Waals surface area contributed by atoms with Gasteiger partial charge in [0, 0.05) is 6.04 Å². The quantitative estimate of drug-likeness (QED) is 0.416. The molecule has 0 radical (unpaired) electrons. The normalized spacial score (nSPS) is 34.8. The van der Waals surface area contributed by atoms with Crippen molar-refractivity contribution in [2.24, 2.45) is 5.41 Å². The molecule has 2 atom stereocenters. The summed E-state index contributed by atoms with van der Waals surface area (Å²) in [4.78, 5) is 5.17. The fourth-order valence-electron chi connectivity index (χ4n) is 3.26. The number of nitrogens with zero attached hydrogens (tertiary/aromatic N) is 2. The molecule has 2 aliphatic rings. The van der Waals surface area contributed by atoms with Crippen molar-refractivity contribution >= 4 is 22.6 Å². The van der Waals surface area contributed by atoms with Gasteiger partial charge in [-0.25, -0.2) is 0 Å². The van der Waals surface area contributed by atoms with Crippen molar-refractivity contribution in [3.05, 3.63) is 0 Å². The van der Waals surface area contributed by atoms with Gasteiger partial charge in [0.05, 0.1) is 4.05 Å². The molecule has 2 heterocycles. The SMILES string of the molecule is CC(I)N1CCC2(CC1)CCN(C)[C@H]2C. The van der Waals surface area contributed by atoms with Gasteiger partial charge >= 0.3 is 0 Å². The Kier molecular flexibility index (Phi) is 3.63.